The van der Waals surface area contributed by atoms with Gasteiger partial charge in [0.05, 0.1) is 43.7 Å². The van der Waals surface area contributed by atoms with Crippen LogP contribution in [0.2, 0.25) is 0 Å². The van der Waals surface area contributed by atoms with Crippen LogP contribution in [0.1, 0.15) is 15.7 Å². The Morgan fingerprint density at radius 1 is 1.48 bits per heavy atom. The third-order valence-corrected chi connectivity index (χ3v) is 6.33. The van der Waals surface area contributed by atoms with Crippen molar-refractivity contribution in [2.75, 3.05) is 32.9 Å². The van der Waals surface area contributed by atoms with E-state index in [-0.39, 0.29) is 5.41 Å². The molecular weight excluding hydrogens is 330 g/mol. The molecule has 0 aliphatic carbocycles. The highest BCUT2D eigenvalue weighted by Gasteiger charge is 2.50. The topological polar surface area (TPSA) is 47.5 Å². The molecule has 0 amide bonds. The number of aromatic nitrogens is 2. The number of aryl methyl sites for hydroxylation is 1. The highest BCUT2D eigenvalue weighted by molar-refractivity contribution is 7.09. The quantitative estimate of drug-likeness (QED) is 0.800. The van der Waals surface area contributed by atoms with Crippen molar-refractivity contribution in [1.29, 1.82) is 0 Å². The second-order valence-electron chi connectivity index (χ2n) is 6.52. The van der Waals surface area contributed by atoms with Crippen LogP contribution in [0.5, 0.6) is 0 Å². The minimum Gasteiger partial charge on any atom is -0.380 e. The maximum absolute atomic E-state index is 6.03. The van der Waals surface area contributed by atoms with Gasteiger partial charge in [0.2, 0.25) is 0 Å². The molecule has 2 aromatic heterocycles. The molecule has 0 aromatic carbocycles. The number of hydrogen-bond acceptors (Lipinski definition) is 7. The summed E-state index contributed by atoms with van der Waals surface area (Å²) in [4.78, 5) is 11.4. The van der Waals surface area contributed by atoms with Crippen LogP contribution in [0.25, 0.3) is 0 Å². The van der Waals surface area contributed by atoms with Gasteiger partial charge in [0.15, 0.2) is 0 Å². The summed E-state index contributed by atoms with van der Waals surface area (Å²) in [6, 6.07) is 0. The Morgan fingerprint density at radius 3 is 3.22 bits per heavy atom. The van der Waals surface area contributed by atoms with Gasteiger partial charge in [-0.2, -0.15) is 0 Å². The highest BCUT2D eigenvalue weighted by atomic mass is 32.1. The fraction of sp³-hybridized carbons (Fsp3) is 0.625. The number of rotatable bonds is 6. The van der Waals surface area contributed by atoms with Crippen LogP contribution < -0.4 is 0 Å². The average molecular weight is 351 g/mol. The number of fused-ring (bicyclic) bond motifs is 1. The molecule has 0 saturated carbocycles. The lowest BCUT2D eigenvalue weighted by molar-refractivity contribution is 0.0172. The molecule has 0 unspecified atom stereocenters. The number of thiazole rings is 2. The van der Waals surface area contributed by atoms with E-state index in [1.807, 2.05) is 18.5 Å². The van der Waals surface area contributed by atoms with Crippen LogP contribution in [-0.2, 0) is 22.6 Å². The molecule has 4 rings (SSSR count). The van der Waals surface area contributed by atoms with E-state index in [1.54, 1.807) is 22.7 Å². The molecule has 5 nitrogen and oxygen atoms in total. The van der Waals surface area contributed by atoms with Crippen molar-refractivity contribution in [3.05, 3.63) is 32.7 Å². The van der Waals surface area contributed by atoms with E-state index < -0.39 is 0 Å². The molecule has 4 heterocycles. The SMILES string of the molecule is Cc1nc(COC[C@]23COC[C@H]2CN(Cc2nccs2)C3)cs1. The van der Waals surface area contributed by atoms with Gasteiger partial charge < -0.3 is 9.47 Å². The van der Waals surface area contributed by atoms with Gasteiger partial charge in [0.25, 0.3) is 0 Å². The summed E-state index contributed by atoms with van der Waals surface area (Å²) in [5.41, 5.74) is 1.18. The Bertz CT molecular complexity index is 646. The molecule has 2 aromatic rings. The average Bonchev–Trinajstić information content (AvgIpc) is 3.25. The largest absolute Gasteiger partial charge is 0.380 e. The minimum atomic E-state index is 0.141. The van der Waals surface area contributed by atoms with Crippen molar-refractivity contribution < 1.29 is 9.47 Å². The third-order valence-electron chi connectivity index (χ3n) is 4.74. The van der Waals surface area contributed by atoms with Gasteiger partial charge in [-0.25, -0.2) is 9.97 Å². The zero-order valence-electron chi connectivity index (χ0n) is 13.2. The van der Waals surface area contributed by atoms with Gasteiger partial charge in [-0.3, -0.25) is 4.90 Å². The molecular formula is C16H21N3O2S2. The zero-order chi connectivity index (χ0) is 15.7. The summed E-state index contributed by atoms with van der Waals surface area (Å²) in [6.45, 7) is 8.11. The second kappa shape index (κ2) is 6.57. The minimum absolute atomic E-state index is 0.141. The maximum atomic E-state index is 6.03. The first-order valence-electron chi connectivity index (χ1n) is 7.91. The van der Waals surface area contributed by atoms with Gasteiger partial charge in [-0.1, -0.05) is 0 Å². The Labute approximate surface area is 144 Å². The van der Waals surface area contributed by atoms with Gasteiger partial charge in [0.1, 0.15) is 5.01 Å². The van der Waals surface area contributed by atoms with E-state index in [4.69, 9.17) is 9.47 Å². The zero-order valence-corrected chi connectivity index (χ0v) is 14.9. The van der Waals surface area contributed by atoms with Gasteiger partial charge in [-0.15, -0.1) is 22.7 Å². The second-order valence-corrected chi connectivity index (χ2v) is 8.56. The van der Waals surface area contributed by atoms with Crippen molar-refractivity contribution >= 4 is 22.7 Å². The number of likely N-dealkylation sites (tertiary alicyclic amines) is 1. The van der Waals surface area contributed by atoms with E-state index in [0.717, 1.165) is 50.2 Å². The standard InChI is InChI=1S/C16H21N3O2S2/c1-12-18-14(8-23-12)7-21-11-16-9-19(4-13(16)6-20-10-16)5-15-17-2-3-22-15/h2-3,8,13H,4-7,9-11H2,1H3/t13-,16+/m1/s1. The van der Waals surface area contributed by atoms with E-state index >= 15 is 0 Å². The summed E-state index contributed by atoms with van der Waals surface area (Å²) >= 11 is 3.41. The first-order chi connectivity index (χ1) is 11.2. The molecule has 0 N–H and O–H groups in total. The smallest absolute Gasteiger partial charge is 0.107 e. The molecule has 124 valence electrons. The van der Waals surface area contributed by atoms with Gasteiger partial charge in [0, 0.05) is 41.4 Å². The molecule has 2 aliphatic heterocycles. The number of nitrogens with zero attached hydrogens (tertiary/aromatic N) is 3. The van der Waals surface area contributed by atoms with Crippen LogP contribution in [0.15, 0.2) is 17.0 Å². The predicted octanol–water partition coefficient (Wildman–Crippen LogP) is 2.57. The predicted molar refractivity (Wildman–Crippen MR) is 90.6 cm³/mol. The molecule has 0 bridgehead atoms. The van der Waals surface area contributed by atoms with Crippen LogP contribution >= 0.6 is 22.7 Å². The molecule has 2 saturated heterocycles. The van der Waals surface area contributed by atoms with Crippen molar-refractivity contribution in [1.82, 2.24) is 14.9 Å². The fourth-order valence-corrected chi connectivity index (χ4v) is 4.88. The maximum Gasteiger partial charge on any atom is 0.107 e. The lowest BCUT2D eigenvalue weighted by Gasteiger charge is -2.26. The molecule has 23 heavy (non-hydrogen) atoms. The molecule has 7 heteroatoms. The Hall–Kier alpha value is -0.860. The molecule has 0 spiro atoms. The molecule has 0 radical (unpaired) electrons. The first-order valence-corrected chi connectivity index (χ1v) is 9.67. The monoisotopic (exact) mass is 351 g/mol. The van der Waals surface area contributed by atoms with Crippen molar-refractivity contribution in [2.24, 2.45) is 11.3 Å². The molecule has 2 fully saturated rings. The normalized spacial score (nSPS) is 27.6. The Kier molecular flexibility index (Phi) is 4.47. The van der Waals surface area contributed by atoms with E-state index in [9.17, 15) is 0 Å². The van der Waals surface area contributed by atoms with Crippen molar-refractivity contribution in [3.8, 4) is 0 Å². The van der Waals surface area contributed by atoms with Crippen LogP contribution in [-0.4, -0.2) is 47.8 Å². The highest BCUT2D eigenvalue weighted by Crippen LogP contribution is 2.42. The number of ether oxygens (including phenoxy) is 2. The summed E-state index contributed by atoms with van der Waals surface area (Å²) in [5, 5.41) is 6.42. The molecule has 2 atom stereocenters. The van der Waals surface area contributed by atoms with Crippen molar-refractivity contribution in [2.45, 2.75) is 20.1 Å². The Balaban J connectivity index is 1.35. The van der Waals surface area contributed by atoms with Crippen molar-refractivity contribution in [3.63, 3.8) is 0 Å². The summed E-state index contributed by atoms with van der Waals surface area (Å²) in [6.07, 6.45) is 1.88. The van der Waals surface area contributed by atoms with Gasteiger partial charge in [-0.05, 0) is 6.92 Å². The summed E-state index contributed by atoms with van der Waals surface area (Å²) in [7, 11) is 0. The number of hydrogen-bond donors (Lipinski definition) is 0. The van der Waals surface area contributed by atoms with Crippen LogP contribution in [0.4, 0.5) is 0 Å². The first kappa shape index (κ1) is 15.7. The Morgan fingerprint density at radius 2 is 2.43 bits per heavy atom. The van der Waals surface area contributed by atoms with E-state index in [2.05, 4.69) is 20.2 Å². The summed E-state index contributed by atoms with van der Waals surface area (Å²) in [5.74, 6) is 0.569. The van der Waals surface area contributed by atoms with Gasteiger partial charge >= 0.3 is 0 Å². The summed E-state index contributed by atoms with van der Waals surface area (Å²) < 4.78 is 11.8. The van der Waals surface area contributed by atoms with E-state index in [0.29, 0.717) is 12.5 Å². The molecule has 2 aliphatic rings. The third kappa shape index (κ3) is 3.34. The van der Waals surface area contributed by atoms with Crippen LogP contribution in [0.3, 0.4) is 0 Å². The lowest BCUT2D eigenvalue weighted by atomic mass is 9.82. The van der Waals surface area contributed by atoms with E-state index in [1.165, 1.54) is 5.01 Å². The lowest BCUT2D eigenvalue weighted by Crippen LogP contribution is -2.35. The van der Waals surface area contributed by atoms with Crippen LogP contribution in [0, 0.1) is 18.3 Å². The fourth-order valence-electron chi connectivity index (χ4n) is 3.62.